The molecule has 1 aliphatic carbocycles. The molecule has 0 atom stereocenters. The van der Waals surface area contributed by atoms with Crippen molar-refractivity contribution < 1.29 is 18.0 Å². The quantitative estimate of drug-likeness (QED) is 0.798. The van der Waals surface area contributed by atoms with Crippen LogP contribution in [0, 0.1) is 5.92 Å². The molecule has 0 spiro atoms. The monoisotopic (exact) mass is 382 g/mol. The molecule has 0 radical (unpaired) electrons. The molecule has 0 aromatic carbocycles. The third-order valence-electron chi connectivity index (χ3n) is 5.37. The number of rotatable bonds is 2. The van der Waals surface area contributed by atoms with E-state index in [2.05, 4.69) is 15.3 Å². The van der Waals surface area contributed by atoms with Crippen LogP contribution < -0.4 is 4.90 Å². The van der Waals surface area contributed by atoms with Crippen molar-refractivity contribution in [3.63, 3.8) is 0 Å². The van der Waals surface area contributed by atoms with E-state index in [0.29, 0.717) is 32.0 Å². The number of carbonyl (C=O) groups is 1. The lowest BCUT2D eigenvalue weighted by molar-refractivity contribution is -0.146. The van der Waals surface area contributed by atoms with E-state index in [9.17, 15) is 18.0 Å². The molecule has 2 aliphatic rings. The van der Waals surface area contributed by atoms with Gasteiger partial charge in [-0.25, -0.2) is 0 Å². The lowest BCUT2D eigenvalue weighted by atomic mass is 9.88. The third-order valence-corrected chi connectivity index (χ3v) is 5.37. The first-order valence-corrected chi connectivity index (χ1v) is 9.27. The van der Waals surface area contributed by atoms with Crippen LogP contribution in [0.4, 0.5) is 19.0 Å². The number of amides is 1. The largest absolute Gasteiger partial charge is 0.453 e. The molecule has 2 aromatic rings. The molecule has 4 rings (SSSR count). The Morgan fingerprint density at radius 1 is 1.00 bits per heavy atom. The molecule has 2 aromatic heterocycles. The first kappa shape index (κ1) is 18.0. The molecule has 1 saturated carbocycles. The number of fused-ring (bicyclic) bond motifs is 1. The fourth-order valence-corrected chi connectivity index (χ4v) is 3.89. The Morgan fingerprint density at radius 2 is 1.70 bits per heavy atom. The molecule has 10 heteroatoms. The summed E-state index contributed by atoms with van der Waals surface area (Å²) in [5.74, 6) is -0.356. The molecule has 0 unspecified atom stereocenters. The minimum Gasteiger partial charge on any atom is -0.352 e. The van der Waals surface area contributed by atoms with Crippen LogP contribution in [0.5, 0.6) is 0 Å². The second kappa shape index (κ2) is 6.97. The van der Waals surface area contributed by atoms with Crippen molar-refractivity contribution in [1.82, 2.24) is 24.7 Å². The molecule has 3 heterocycles. The second-order valence-electron chi connectivity index (χ2n) is 7.13. The first-order valence-electron chi connectivity index (χ1n) is 9.27. The van der Waals surface area contributed by atoms with Gasteiger partial charge in [0.1, 0.15) is 5.82 Å². The highest BCUT2D eigenvalue weighted by Gasteiger charge is 2.38. The predicted octanol–water partition coefficient (Wildman–Crippen LogP) is 2.37. The summed E-state index contributed by atoms with van der Waals surface area (Å²) < 4.78 is 39.8. The van der Waals surface area contributed by atoms with Crippen LogP contribution in [0.2, 0.25) is 0 Å². The lowest BCUT2D eigenvalue weighted by Gasteiger charge is -2.37. The van der Waals surface area contributed by atoms with Gasteiger partial charge in [0, 0.05) is 32.1 Å². The normalized spacial score (nSPS) is 19.7. The van der Waals surface area contributed by atoms with Gasteiger partial charge in [0.15, 0.2) is 5.65 Å². The van der Waals surface area contributed by atoms with Crippen molar-refractivity contribution in [3.05, 3.63) is 18.0 Å². The fourth-order valence-electron chi connectivity index (χ4n) is 3.89. The minimum atomic E-state index is -4.61. The van der Waals surface area contributed by atoms with Gasteiger partial charge in [-0.15, -0.1) is 15.3 Å². The Morgan fingerprint density at radius 3 is 2.37 bits per heavy atom. The molecule has 1 saturated heterocycles. The Hall–Kier alpha value is -2.39. The van der Waals surface area contributed by atoms with Crippen LogP contribution >= 0.6 is 0 Å². The molecule has 7 nitrogen and oxygen atoms in total. The van der Waals surface area contributed by atoms with Crippen molar-refractivity contribution >= 4 is 17.4 Å². The van der Waals surface area contributed by atoms with Gasteiger partial charge in [-0.2, -0.15) is 17.7 Å². The number of piperazine rings is 1. The van der Waals surface area contributed by atoms with Crippen LogP contribution in [-0.4, -0.2) is 56.8 Å². The summed E-state index contributed by atoms with van der Waals surface area (Å²) in [5, 5.41) is 10.8. The van der Waals surface area contributed by atoms with Gasteiger partial charge in [0.05, 0.1) is 0 Å². The van der Waals surface area contributed by atoms with Crippen molar-refractivity contribution in [3.8, 4) is 0 Å². The smallest absolute Gasteiger partial charge is 0.352 e. The van der Waals surface area contributed by atoms with E-state index in [0.717, 1.165) is 30.2 Å². The van der Waals surface area contributed by atoms with Crippen LogP contribution in [0.1, 0.15) is 37.9 Å². The number of carbonyl (C=O) groups excluding carboxylic acids is 1. The maximum absolute atomic E-state index is 13.0. The zero-order valence-electron chi connectivity index (χ0n) is 14.8. The number of halogens is 3. The van der Waals surface area contributed by atoms with Gasteiger partial charge in [-0.05, 0) is 25.0 Å². The molecule has 146 valence electrons. The summed E-state index contributed by atoms with van der Waals surface area (Å²) in [7, 11) is 0. The van der Waals surface area contributed by atoms with Gasteiger partial charge >= 0.3 is 6.18 Å². The minimum absolute atomic E-state index is 0.0530. The van der Waals surface area contributed by atoms with Crippen molar-refractivity contribution in [2.75, 3.05) is 31.1 Å². The first-order chi connectivity index (χ1) is 12.9. The summed E-state index contributed by atoms with van der Waals surface area (Å²) in [6.07, 6.45) is 0.739. The van der Waals surface area contributed by atoms with Crippen LogP contribution in [0.25, 0.3) is 5.65 Å². The molecule has 0 bridgehead atoms. The number of nitrogens with zero attached hydrogens (tertiary/aromatic N) is 6. The van der Waals surface area contributed by atoms with E-state index < -0.39 is 12.0 Å². The van der Waals surface area contributed by atoms with E-state index in [1.54, 1.807) is 6.07 Å². The van der Waals surface area contributed by atoms with E-state index >= 15 is 0 Å². The van der Waals surface area contributed by atoms with Gasteiger partial charge in [-0.3, -0.25) is 4.79 Å². The summed E-state index contributed by atoms with van der Waals surface area (Å²) in [5.41, 5.74) is 0.0530. The Balaban J connectivity index is 1.45. The zero-order valence-corrected chi connectivity index (χ0v) is 14.8. The molecule has 2 fully saturated rings. The highest BCUT2D eigenvalue weighted by Crippen LogP contribution is 2.28. The number of anilines is 1. The van der Waals surface area contributed by atoms with Gasteiger partial charge in [-0.1, -0.05) is 19.3 Å². The van der Waals surface area contributed by atoms with Gasteiger partial charge in [0.2, 0.25) is 5.91 Å². The summed E-state index contributed by atoms with van der Waals surface area (Å²) in [6, 6.07) is 3.12. The standard InChI is InChI=1S/C17H21F3N6O/c18-17(19,20)16-22-21-13-6-7-14(23-26(13)16)24-8-10-25(11-9-24)15(27)12-4-2-1-3-5-12/h6-7,12H,1-5,8-11H2. The lowest BCUT2D eigenvalue weighted by Crippen LogP contribution is -2.50. The number of alkyl halides is 3. The molecule has 27 heavy (non-hydrogen) atoms. The average molecular weight is 382 g/mol. The zero-order chi connectivity index (χ0) is 19.0. The van der Waals surface area contributed by atoms with Crippen molar-refractivity contribution in [2.45, 2.75) is 38.3 Å². The van der Waals surface area contributed by atoms with E-state index in [4.69, 9.17) is 0 Å². The average Bonchev–Trinajstić information content (AvgIpc) is 3.12. The molecule has 0 N–H and O–H groups in total. The predicted molar refractivity (Wildman–Crippen MR) is 91.2 cm³/mol. The Bertz CT molecular complexity index is 822. The number of hydrogen-bond donors (Lipinski definition) is 0. The molecule has 1 amide bonds. The van der Waals surface area contributed by atoms with Crippen LogP contribution in [0.15, 0.2) is 12.1 Å². The summed E-state index contributed by atoms with van der Waals surface area (Å²) in [4.78, 5) is 16.4. The fraction of sp³-hybridized carbons (Fsp3) is 0.647. The third kappa shape index (κ3) is 3.57. The topological polar surface area (TPSA) is 66.6 Å². The second-order valence-corrected chi connectivity index (χ2v) is 7.13. The van der Waals surface area contributed by atoms with E-state index in [-0.39, 0.29) is 17.5 Å². The maximum atomic E-state index is 13.0. The number of aromatic nitrogens is 4. The molecular formula is C17H21F3N6O. The van der Waals surface area contributed by atoms with Crippen molar-refractivity contribution in [2.24, 2.45) is 5.92 Å². The van der Waals surface area contributed by atoms with Crippen LogP contribution in [-0.2, 0) is 11.0 Å². The van der Waals surface area contributed by atoms with Crippen molar-refractivity contribution in [1.29, 1.82) is 0 Å². The highest BCUT2D eigenvalue weighted by molar-refractivity contribution is 5.79. The van der Waals surface area contributed by atoms with Crippen LogP contribution in [0.3, 0.4) is 0 Å². The Kier molecular flexibility index (Phi) is 4.65. The van der Waals surface area contributed by atoms with Gasteiger partial charge in [0.25, 0.3) is 5.82 Å². The van der Waals surface area contributed by atoms with Gasteiger partial charge < -0.3 is 9.80 Å². The summed E-state index contributed by atoms with van der Waals surface area (Å²) >= 11 is 0. The van der Waals surface area contributed by atoms with E-state index in [1.807, 2.05) is 9.80 Å². The van der Waals surface area contributed by atoms with E-state index in [1.165, 1.54) is 12.5 Å². The maximum Gasteiger partial charge on any atom is 0.453 e. The number of hydrogen-bond acceptors (Lipinski definition) is 5. The summed E-state index contributed by atoms with van der Waals surface area (Å²) in [6.45, 7) is 2.20. The molecular weight excluding hydrogens is 361 g/mol. The Labute approximate surface area is 154 Å². The highest BCUT2D eigenvalue weighted by atomic mass is 19.4. The molecule has 1 aliphatic heterocycles. The SMILES string of the molecule is O=C(C1CCCCC1)N1CCN(c2ccc3nnc(C(F)(F)F)n3n2)CC1.